The Morgan fingerprint density at radius 3 is 2.69 bits per heavy atom. The van der Waals surface area contributed by atoms with Gasteiger partial charge in [-0.3, -0.25) is 4.79 Å². The molecular weight excluding hydrogens is 206 g/mol. The average Bonchev–Trinajstić information content (AvgIpc) is 2.58. The molecule has 0 saturated heterocycles. The molecule has 2 heterocycles. The van der Waals surface area contributed by atoms with Gasteiger partial charge in [0.2, 0.25) is 0 Å². The largest absolute Gasteiger partial charge is 0.481 e. The van der Waals surface area contributed by atoms with Crippen molar-refractivity contribution in [3.63, 3.8) is 0 Å². The zero-order chi connectivity index (χ0) is 11.9. The van der Waals surface area contributed by atoms with E-state index < -0.39 is 5.97 Å². The molecule has 1 N–H and O–H groups in total. The van der Waals surface area contributed by atoms with Crippen LogP contribution in [0, 0.1) is 5.92 Å². The molecule has 2 rings (SSSR count). The third-order valence-electron chi connectivity index (χ3n) is 2.97. The highest BCUT2D eigenvalue weighted by Crippen LogP contribution is 2.26. The maximum absolute atomic E-state index is 11.0. The van der Waals surface area contributed by atoms with E-state index in [1.807, 2.05) is 4.57 Å². The van der Waals surface area contributed by atoms with Crippen molar-refractivity contribution in [1.29, 1.82) is 0 Å². The Morgan fingerprint density at radius 1 is 1.44 bits per heavy atom. The van der Waals surface area contributed by atoms with Gasteiger partial charge in [0.15, 0.2) is 0 Å². The first-order valence-electron chi connectivity index (χ1n) is 5.55. The van der Waals surface area contributed by atoms with Gasteiger partial charge in [-0.2, -0.15) is 0 Å². The Labute approximate surface area is 94.5 Å². The zero-order valence-corrected chi connectivity index (χ0v) is 9.90. The number of carboxylic acid groups (broad SMARTS) is 1. The zero-order valence-electron chi connectivity index (χ0n) is 9.90. The van der Waals surface area contributed by atoms with Crippen LogP contribution >= 0.6 is 0 Å². The average molecular weight is 223 g/mol. The molecule has 1 aliphatic heterocycles. The topological polar surface area (TPSA) is 68.0 Å². The van der Waals surface area contributed by atoms with Gasteiger partial charge < -0.3 is 9.67 Å². The quantitative estimate of drug-likeness (QED) is 0.777. The van der Waals surface area contributed by atoms with Gasteiger partial charge in [0, 0.05) is 18.4 Å². The number of aliphatic carboxylic acids is 1. The molecule has 1 aromatic heterocycles. The lowest BCUT2D eigenvalue weighted by molar-refractivity contribution is -0.142. The molecule has 0 fully saturated rings. The van der Waals surface area contributed by atoms with Crippen molar-refractivity contribution in [3.8, 4) is 0 Å². The monoisotopic (exact) mass is 223 g/mol. The Hall–Kier alpha value is -1.39. The van der Waals surface area contributed by atoms with Crippen LogP contribution in [0.15, 0.2) is 0 Å². The third-order valence-corrected chi connectivity index (χ3v) is 2.97. The summed E-state index contributed by atoms with van der Waals surface area (Å²) >= 11 is 0. The number of hydrogen-bond donors (Lipinski definition) is 1. The Kier molecular flexibility index (Phi) is 2.48. The van der Waals surface area contributed by atoms with E-state index in [4.69, 9.17) is 5.11 Å². The van der Waals surface area contributed by atoms with E-state index in [2.05, 4.69) is 31.0 Å². The summed E-state index contributed by atoms with van der Waals surface area (Å²) in [6.45, 7) is 6.70. The predicted octanol–water partition coefficient (Wildman–Crippen LogP) is 1.22. The van der Waals surface area contributed by atoms with Crippen molar-refractivity contribution in [2.45, 2.75) is 45.6 Å². The Morgan fingerprint density at radius 2 is 2.12 bits per heavy atom. The number of aromatic nitrogens is 3. The highest BCUT2D eigenvalue weighted by molar-refractivity contribution is 5.70. The number of carbonyl (C=O) groups is 1. The molecule has 0 radical (unpaired) electrons. The van der Waals surface area contributed by atoms with Crippen molar-refractivity contribution in [2.75, 3.05) is 0 Å². The first kappa shape index (κ1) is 11.1. The van der Waals surface area contributed by atoms with Crippen LogP contribution in [0.5, 0.6) is 0 Å². The first-order valence-corrected chi connectivity index (χ1v) is 5.55. The van der Waals surface area contributed by atoms with Gasteiger partial charge >= 0.3 is 5.97 Å². The first-order chi connectivity index (χ1) is 7.39. The number of nitrogens with zero attached hydrogens (tertiary/aromatic N) is 3. The maximum Gasteiger partial charge on any atom is 0.308 e. The van der Waals surface area contributed by atoms with Crippen molar-refractivity contribution >= 4 is 5.97 Å². The minimum Gasteiger partial charge on any atom is -0.481 e. The smallest absolute Gasteiger partial charge is 0.308 e. The van der Waals surface area contributed by atoms with Gasteiger partial charge in [0.25, 0.3) is 0 Å². The molecule has 0 amide bonds. The van der Waals surface area contributed by atoms with E-state index in [0.717, 1.165) is 11.6 Å². The van der Waals surface area contributed by atoms with Gasteiger partial charge in [-0.1, -0.05) is 20.8 Å². The fraction of sp³-hybridized carbons (Fsp3) is 0.727. The molecule has 1 aromatic rings. The summed E-state index contributed by atoms with van der Waals surface area (Å²) in [6, 6.07) is 0. The van der Waals surface area contributed by atoms with Crippen molar-refractivity contribution in [2.24, 2.45) is 5.92 Å². The molecule has 1 unspecified atom stereocenters. The van der Waals surface area contributed by atoms with Gasteiger partial charge in [-0.25, -0.2) is 0 Å². The van der Waals surface area contributed by atoms with Gasteiger partial charge in [-0.15, -0.1) is 10.2 Å². The predicted molar refractivity (Wildman–Crippen MR) is 58.2 cm³/mol. The molecule has 5 nitrogen and oxygen atoms in total. The van der Waals surface area contributed by atoms with Crippen LogP contribution in [0.25, 0.3) is 0 Å². The number of rotatable bonds is 1. The molecule has 16 heavy (non-hydrogen) atoms. The number of hydrogen-bond acceptors (Lipinski definition) is 3. The minimum absolute atomic E-state index is 0.0916. The summed E-state index contributed by atoms with van der Waals surface area (Å²) in [5.74, 6) is 0.777. The molecule has 1 aliphatic rings. The summed E-state index contributed by atoms with van der Waals surface area (Å²) in [5.41, 5.74) is -0.0916. The molecule has 0 aromatic carbocycles. The fourth-order valence-corrected chi connectivity index (χ4v) is 2.08. The van der Waals surface area contributed by atoms with Crippen molar-refractivity contribution < 1.29 is 9.90 Å². The normalized spacial score (nSPS) is 20.6. The summed E-state index contributed by atoms with van der Waals surface area (Å²) < 4.78 is 1.97. The SMILES string of the molecule is CC(C)(C)c1nnc2n1CC(C(=O)O)CC2. The van der Waals surface area contributed by atoms with E-state index in [1.165, 1.54) is 0 Å². The lowest BCUT2D eigenvalue weighted by Gasteiger charge is -2.25. The van der Waals surface area contributed by atoms with Gasteiger partial charge in [-0.05, 0) is 6.42 Å². The van der Waals surface area contributed by atoms with E-state index >= 15 is 0 Å². The van der Waals surface area contributed by atoms with E-state index in [-0.39, 0.29) is 11.3 Å². The summed E-state index contributed by atoms with van der Waals surface area (Å²) in [4.78, 5) is 11.0. The highest BCUT2D eigenvalue weighted by atomic mass is 16.4. The fourth-order valence-electron chi connectivity index (χ4n) is 2.08. The lowest BCUT2D eigenvalue weighted by atomic mass is 9.93. The van der Waals surface area contributed by atoms with Crippen molar-refractivity contribution in [1.82, 2.24) is 14.8 Å². The summed E-state index contributed by atoms with van der Waals surface area (Å²) in [6.07, 6.45) is 1.37. The van der Waals surface area contributed by atoms with Gasteiger partial charge in [0.05, 0.1) is 5.92 Å². The van der Waals surface area contributed by atoms with Crippen LogP contribution in [0.3, 0.4) is 0 Å². The van der Waals surface area contributed by atoms with Crippen LogP contribution in [0.2, 0.25) is 0 Å². The second kappa shape index (κ2) is 3.57. The highest BCUT2D eigenvalue weighted by Gasteiger charge is 2.30. The van der Waals surface area contributed by atoms with E-state index in [0.29, 0.717) is 19.4 Å². The van der Waals surface area contributed by atoms with E-state index in [9.17, 15) is 4.79 Å². The van der Waals surface area contributed by atoms with Crippen LogP contribution in [0.1, 0.15) is 38.8 Å². The molecule has 0 spiro atoms. The third kappa shape index (κ3) is 1.81. The molecular formula is C11H17N3O2. The van der Waals surface area contributed by atoms with Crippen molar-refractivity contribution in [3.05, 3.63) is 11.6 Å². The molecule has 5 heteroatoms. The summed E-state index contributed by atoms with van der Waals surface area (Å²) in [7, 11) is 0. The molecule has 0 saturated carbocycles. The Balaban J connectivity index is 2.35. The van der Waals surface area contributed by atoms with E-state index in [1.54, 1.807) is 0 Å². The second-order valence-electron chi connectivity index (χ2n) is 5.37. The van der Waals surface area contributed by atoms with Crippen LogP contribution in [-0.2, 0) is 23.2 Å². The number of fused-ring (bicyclic) bond motifs is 1. The second-order valence-corrected chi connectivity index (χ2v) is 5.37. The number of aryl methyl sites for hydroxylation is 1. The maximum atomic E-state index is 11.0. The number of carboxylic acids is 1. The van der Waals surface area contributed by atoms with Crippen LogP contribution in [0.4, 0.5) is 0 Å². The standard InChI is InChI=1S/C11H17N3O2/c1-11(2,3)10-13-12-8-5-4-7(9(15)16)6-14(8)10/h7H,4-6H2,1-3H3,(H,15,16). The Bertz CT molecular complexity index is 417. The molecule has 0 aliphatic carbocycles. The molecule has 0 bridgehead atoms. The lowest BCUT2D eigenvalue weighted by Crippen LogP contribution is -2.30. The molecule has 88 valence electrons. The van der Waals surface area contributed by atoms with Crippen LogP contribution in [-0.4, -0.2) is 25.8 Å². The minimum atomic E-state index is -0.723. The van der Waals surface area contributed by atoms with Gasteiger partial charge in [0.1, 0.15) is 11.6 Å². The van der Waals surface area contributed by atoms with Crippen LogP contribution < -0.4 is 0 Å². The summed E-state index contributed by atoms with van der Waals surface area (Å²) in [5, 5.41) is 17.4. The molecule has 1 atom stereocenters.